The quantitative estimate of drug-likeness (QED) is 0.833. The molecule has 2 aromatic rings. The number of nitrogens with one attached hydrogen (secondary N) is 1. The molecule has 3 N–H and O–H groups in total. The van der Waals surface area contributed by atoms with Crippen molar-refractivity contribution in [1.29, 1.82) is 0 Å². The largest absolute Gasteiger partial charge is 0.399 e. The van der Waals surface area contributed by atoms with Crippen LogP contribution in [0.15, 0.2) is 24.4 Å². The molecule has 5 nitrogen and oxygen atoms in total. The summed E-state index contributed by atoms with van der Waals surface area (Å²) in [5, 5.41) is 7.79. The van der Waals surface area contributed by atoms with Crippen molar-refractivity contribution in [3.05, 3.63) is 40.7 Å². The van der Waals surface area contributed by atoms with Crippen LogP contribution < -0.4 is 11.1 Å². The first-order valence-corrected chi connectivity index (χ1v) is 7.19. The van der Waals surface area contributed by atoms with Gasteiger partial charge in [-0.15, -0.1) is 0 Å². The molecular weight excluding hydrogens is 288 g/mol. The zero-order valence-corrected chi connectivity index (χ0v) is 12.9. The Hall–Kier alpha value is -2.01. The van der Waals surface area contributed by atoms with Gasteiger partial charge in [0.1, 0.15) is 0 Å². The first-order chi connectivity index (χ1) is 9.95. The predicted octanol–water partition coefficient (Wildman–Crippen LogP) is 3.15. The van der Waals surface area contributed by atoms with Crippen molar-refractivity contribution in [2.24, 2.45) is 0 Å². The summed E-state index contributed by atoms with van der Waals surface area (Å²) in [5.41, 5.74) is 8.93. The molecule has 0 aliphatic carbocycles. The summed E-state index contributed by atoms with van der Waals surface area (Å²) in [7, 11) is 0. The lowest BCUT2D eigenvalue weighted by Crippen LogP contribution is -2.13. The van der Waals surface area contributed by atoms with Crippen LogP contribution in [0.4, 0.5) is 11.4 Å². The van der Waals surface area contributed by atoms with Gasteiger partial charge in [-0.1, -0.05) is 11.6 Å². The molecule has 6 heteroatoms. The van der Waals surface area contributed by atoms with Gasteiger partial charge < -0.3 is 11.1 Å². The van der Waals surface area contributed by atoms with Crippen LogP contribution in [0.1, 0.15) is 24.1 Å². The molecule has 0 saturated heterocycles. The third-order valence-electron chi connectivity index (χ3n) is 3.20. The second-order valence-corrected chi connectivity index (χ2v) is 5.46. The minimum atomic E-state index is -0.0159. The van der Waals surface area contributed by atoms with Crippen molar-refractivity contribution in [3.63, 3.8) is 0 Å². The lowest BCUT2D eigenvalue weighted by Gasteiger charge is -2.09. The van der Waals surface area contributed by atoms with Crippen LogP contribution in [-0.2, 0) is 11.3 Å². The molecule has 0 aliphatic rings. The average Bonchev–Trinajstić information content (AvgIpc) is 2.72. The van der Waals surface area contributed by atoms with Crippen LogP contribution >= 0.6 is 11.6 Å². The molecule has 0 unspecified atom stereocenters. The van der Waals surface area contributed by atoms with Crippen molar-refractivity contribution in [3.8, 4) is 0 Å². The molecule has 0 radical (unpaired) electrons. The van der Waals surface area contributed by atoms with Crippen LogP contribution in [-0.4, -0.2) is 15.7 Å². The van der Waals surface area contributed by atoms with Crippen LogP contribution in [0.5, 0.6) is 0 Å². The number of nitrogen functional groups attached to an aromatic ring is 1. The lowest BCUT2D eigenvalue weighted by atomic mass is 10.1. The maximum Gasteiger partial charge on any atom is 0.224 e. The van der Waals surface area contributed by atoms with E-state index in [4.69, 9.17) is 17.3 Å². The number of halogens is 1. The van der Waals surface area contributed by atoms with Crippen LogP contribution in [0.25, 0.3) is 0 Å². The molecular formula is C15H19ClN4O. The molecule has 1 heterocycles. The summed E-state index contributed by atoms with van der Waals surface area (Å²) in [4.78, 5) is 11.9. The van der Waals surface area contributed by atoms with Crippen LogP contribution in [0.2, 0.25) is 5.02 Å². The van der Waals surface area contributed by atoms with E-state index >= 15 is 0 Å². The van der Waals surface area contributed by atoms with E-state index in [0.717, 1.165) is 16.9 Å². The minimum absolute atomic E-state index is 0.0159. The Balaban J connectivity index is 1.82. The van der Waals surface area contributed by atoms with E-state index < -0.39 is 0 Å². The fraction of sp³-hybridized carbons (Fsp3) is 0.333. The summed E-state index contributed by atoms with van der Waals surface area (Å²) in [6, 6.07) is 5.43. The van der Waals surface area contributed by atoms with E-state index in [1.165, 1.54) is 0 Å². The van der Waals surface area contributed by atoms with Crippen molar-refractivity contribution < 1.29 is 4.79 Å². The van der Waals surface area contributed by atoms with E-state index in [0.29, 0.717) is 30.1 Å². The molecule has 112 valence electrons. The topological polar surface area (TPSA) is 72.9 Å². The van der Waals surface area contributed by atoms with Crippen molar-refractivity contribution in [2.75, 3.05) is 11.1 Å². The van der Waals surface area contributed by atoms with E-state index in [1.807, 2.05) is 26.0 Å². The van der Waals surface area contributed by atoms with Crippen LogP contribution in [0.3, 0.4) is 0 Å². The van der Waals surface area contributed by atoms with E-state index in [9.17, 15) is 4.79 Å². The number of carbonyl (C=O) groups excluding carboxylic acids is 1. The zero-order valence-electron chi connectivity index (χ0n) is 12.2. The number of benzene rings is 1. The number of hydrogen-bond acceptors (Lipinski definition) is 3. The highest BCUT2D eigenvalue weighted by molar-refractivity contribution is 6.31. The SMILES string of the molecule is Cc1cc(N)ccc1NC(=O)CCCn1cc(Cl)c(C)n1. The van der Waals surface area contributed by atoms with Gasteiger partial charge in [-0.25, -0.2) is 0 Å². The average molecular weight is 307 g/mol. The van der Waals surface area contributed by atoms with Gasteiger partial charge in [-0.3, -0.25) is 9.48 Å². The summed E-state index contributed by atoms with van der Waals surface area (Å²) in [6.07, 6.45) is 2.91. The molecule has 0 atom stereocenters. The predicted molar refractivity (Wildman–Crippen MR) is 85.4 cm³/mol. The second-order valence-electron chi connectivity index (χ2n) is 5.05. The number of carbonyl (C=O) groups is 1. The summed E-state index contributed by atoms with van der Waals surface area (Å²) in [6.45, 7) is 4.44. The fourth-order valence-corrected chi connectivity index (χ4v) is 2.20. The number of hydrogen-bond donors (Lipinski definition) is 2. The van der Waals surface area contributed by atoms with Gasteiger partial charge in [0.15, 0.2) is 0 Å². The number of nitrogens with zero attached hydrogens (tertiary/aromatic N) is 2. The Labute approximate surface area is 129 Å². The van der Waals surface area contributed by atoms with E-state index in [-0.39, 0.29) is 5.91 Å². The molecule has 2 rings (SSSR count). The summed E-state index contributed by atoms with van der Waals surface area (Å²) < 4.78 is 1.76. The zero-order chi connectivity index (χ0) is 15.4. The highest BCUT2D eigenvalue weighted by Crippen LogP contribution is 2.18. The van der Waals surface area contributed by atoms with Gasteiger partial charge in [-0.05, 0) is 44.0 Å². The number of anilines is 2. The Morgan fingerprint density at radius 3 is 2.81 bits per heavy atom. The number of aromatic nitrogens is 2. The maximum absolute atomic E-state index is 11.9. The Kier molecular flexibility index (Phi) is 4.85. The van der Waals surface area contributed by atoms with Crippen molar-refractivity contribution in [1.82, 2.24) is 9.78 Å². The van der Waals surface area contributed by atoms with E-state index in [2.05, 4.69) is 10.4 Å². The molecule has 1 amide bonds. The molecule has 1 aromatic carbocycles. The third kappa shape index (κ3) is 4.23. The first-order valence-electron chi connectivity index (χ1n) is 6.81. The molecule has 1 aromatic heterocycles. The van der Waals surface area contributed by atoms with Gasteiger partial charge >= 0.3 is 0 Å². The molecule has 0 fully saturated rings. The fourth-order valence-electron chi connectivity index (χ4n) is 2.05. The Morgan fingerprint density at radius 2 is 2.19 bits per heavy atom. The highest BCUT2D eigenvalue weighted by Gasteiger charge is 2.06. The van der Waals surface area contributed by atoms with E-state index in [1.54, 1.807) is 16.9 Å². The number of amides is 1. The smallest absolute Gasteiger partial charge is 0.224 e. The van der Waals surface area contributed by atoms with Gasteiger partial charge in [0.25, 0.3) is 0 Å². The van der Waals surface area contributed by atoms with Crippen molar-refractivity contribution in [2.45, 2.75) is 33.2 Å². The molecule has 0 spiro atoms. The van der Waals surface area contributed by atoms with Crippen LogP contribution in [0, 0.1) is 13.8 Å². The summed E-state index contributed by atoms with van der Waals surface area (Å²) >= 11 is 5.94. The molecule has 21 heavy (non-hydrogen) atoms. The van der Waals surface area contributed by atoms with Gasteiger partial charge in [0.2, 0.25) is 5.91 Å². The second kappa shape index (κ2) is 6.63. The molecule has 0 bridgehead atoms. The number of aryl methyl sites for hydroxylation is 3. The maximum atomic E-state index is 11.9. The standard InChI is InChI=1S/C15H19ClN4O/c1-10-8-12(17)5-6-14(10)18-15(21)4-3-7-20-9-13(16)11(2)19-20/h5-6,8-9H,3-4,7,17H2,1-2H3,(H,18,21). The van der Waals surface area contributed by atoms with Crippen molar-refractivity contribution >= 4 is 28.9 Å². The number of nitrogens with two attached hydrogens (primary N) is 1. The van der Waals surface area contributed by atoms with Gasteiger partial charge in [0, 0.05) is 30.5 Å². The Morgan fingerprint density at radius 1 is 1.43 bits per heavy atom. The Bertz CT molecular complexity index is 632. The third-order valence-corrected chi connectivity index (χ3v) is 3.57. The monoisotopic (exact) mass is 306 g/mol. The lowest BCUT2D eigenvalue weighted by molar-refractivity contribution is -0.116. The summed E-state index contributed by atoms with van der Waals surface area (Å²) in [5.74, 6) is -0.0159. The molecule has 0 aliphatic heterocycles. The minimum Gasteiger partial charge on any atom is -0.399 e. The van der Waals surface area contributed by atoms with Gasteiger partial charge in [-0.2, -0.15) is 5.10 Å². The highest BCUT2D eigenvalue weighted by atomic mass is 35.5. The number of rotatable bonds is 5. The normalized spacial score (nSPS) is 10.6. The van der Waals surface area contributed by atoms with Gasteiger partial charge in [0.05, 0.1) is 10.7 Å². The molecule has 0 saturated carbocycles. The first kappa shape index (κ1) is 15.4.